The highest BCUT2D eigenvalue weighted by atomic mass is 19.1. The molecule has 1 aliphatic heterocycles. The summed E-state index contributed by atoms with van der Waals surface area (Å²) in [5, 5.41) is 14.9. The minimum absolute atomic E-state index is 0.223. The van der Waals surface area contributed by atoms with E-state index in [0.29, 0.717) is 30.9 Å². The van der Waals surface area contributed by atoms with Gasteiger partial charge in [0.25, 0.3) is 5.91 Å². The number of pyridine rings is 2. The fraction of sp³-hybridized carbons (Fsp3) is 0.400. The third kappa shape index (κ3) is 5.71. The lowest BCUT2D eigenvalue weighted by Gasteiger charge is -2.38. The van der Waals surface area contributed by atoms with Crippen LogP contribution in [0.5, 0.6) is 0 Å². The molecule has 3 heterocycles. The molecule has 0 saturated carbocycles. The molecular weight excluding hydrogens is 535 g/mol. The van der Waals surface area contributed by atoms with Gasteiger partial charge in [0.15, 0.2) is 0 Å². The van der Waals surface area contributed by atoms with Crippen LogP contribution in [-0.4, -0.2) is 46.2 Å². The Hall–Kier alpha value is -4.15. The van der Waals surface area contributed by atoms with E-state index < -0.39 is 46.1 Å². The number of benzene rings is 1. The summed E-state index contributed by atoms with van der Waals surface area (Å²) in [5.74, 6) is -3.65. The number of aryl methyl sites for hydroxylation is 1. The van der Waals surface area contributed by atoms with Crippen LogP contribution in [0.1, 0.15) is 67.5 Å². The van der Waals surface area contributed by atoms with Crippen LogP contribution in [-0.2, 0) is 18.3 Å². The molecular formula is C30H32F3N5O3. The Labute approximate surface area is 236 Å². The third-order valence-electron chi connectivity index (χ3n) is 7.49. The van der Waals surface area contributed by atoms with E-state index in [1.807, 2.05) is 20.8 Å². The number of nitrogens with zero attached hydrogens (tertiary/aromatic N) is 3. The van der Waals surface area contributed by atoms with Gasteiger partial charge in [0.05, 0.1) is 22.6 Å². The zero-order chi connectivity index (χ0) is 29.5. The number of piperidine rings is 1. The summed E-state index contributed by atoms with van der Waals surface area (Å²) in [6.45, 7) is 7.02. The van der Waals surface area contributed by atoms with E-state index in [1.54, 1.807) is 0 Å². The van der Waals surface area contributed by atoms with Crippen LogP contribution in [0.3, 0.4) is 0 Å². The number of carbonyl (C=O) groups excluding carboxylic acids is 1. The Kier molecular flexibility index (Phi) is 7.63. The monoisotopic (exact) mass is 567 g/mol. The van der Waals surface area contributed by atoms with E-state index in [9.17, 15) is 27.9 Å². The van der Waals surface area contributed by atoms with Crippen LogP contribution in [0.4, 0.5) is 29.3 Å². The van der Waals surface area contributed by atoms with E-state index in [4.69, 9.17) is 4.98 Å². The molecule has 3 N–H and O–H groups in total. The molecule has 2 aliphatic rings. The van der Waals surface area contributed by atoms with E-state index in [2.05, 4.69) is 20.5 Å². The highest BCUT2D eigenvalue weighted by molar-refractivity contribution is 6.06. The molecule has 0 spiro atoms. The molecule has 1 atom stereocenters. The van der Waals surface area contributed by atoms with Crippen molar-refractivity contribution in [2.75, 3.05) is 23.3 Å². The second-order valence-electron chi connectivity index (χ2n) is 11.5. The second-order valence-corrected chi connectivity index (χ2v) is 11.5. The van der Waals surface area contributed by atoms with Gasteiger partial charge in [-0.25, -0.2) is 22.9 Å². The van der Waals surface area contributed by atoms with Crippen LogP contribution in [0.15, 0.2) is 30.3 Å². The molecule has 216 valence electrons. The first-order chi connectivity index (χ1) is 19.4. The van der Waals surface area contributed by atoms with Crippen LogP contribution in [0.25, 0.3) is 11.3 Å². The summed E-state index contributed by atoms with van der Waals surface area (Å²) < 4.78 is 43.7. The number of carboxylic acid groups (broad SMARTS) is 1. The van der Waals surface area contributed by atoms with Gasteiger partial charge < -0.3 is 20.6 Å². The van der Waals surface area contributed by atoms with Crippen molar-refractivity contribution in [2.24, 2.45) is 0 Å². The molecule has 2 amide bonds. The quantitative estimate of drug-likeness (QED) is 0.358. The Morgan fingerprint density at radius 3 is 2.41 bits per heavy atom. The van der Waals surface area contributed by atoms with Gasteiger partial charge in [0, 0.05) is 30.2 Å². The van der Waals surface area contributed by atoms with Gasteiger partial charge in [-0.15, -0.1) is 0 Å². The van der Waals surface area contributed by atoms with Crippen molar-refractivity contribution in [1.82, 2.24) is 15.3 Å². The maximum Gasteiger partial charge on any atom is 0.404 e. The molecule has 3 aromatic rings. The number of hydrogen-bond donors (Lipinski definition) is 3. The number of anilines is 2. The highest BCUT2D eigenvalue weighted by Gasteiger charge is 2.34. The maximum atomic E-state index is 14.7. The number of hydrogen-bond acceptors (Lipinski definition) is 5. The summed E-state index contributed by atoms with van der Waals surface area (Å²) in [7, 11) is 0. The average Bonchev–Trinajstić information content (AvgIpc) is 3.36. The van der Waals surface area contributed by atoms with E-state index in [0.717, 1.165) is 73.0 Å². The van der Waals surface area contributed by atoms with Gasteiger partial charge in [-0.1, -0.05) is 26.8 Å². The van der Waals surface area contributed by atoms with E-state index in [1.165, 1.54) is 0 Å². The van der Waals surface area contributed by atoms with Gasteiger partial charge in [-0.05, 0) is 61.9 Å². The van der Waals surface area contributed by atoms with E-state index in [-0.39, 0.29) is 11.7 Å². The van der Waals surface area contributed by atoms with Gasteiger partial charge in [0.1, 0.15) is 28.8 Å². The van der Waals surface area contributed by atoms with Gasteiger partial charge in [-0.2, -0.15) is 0 Å². The van der Waals surface area contributed by atoms with Crippen molar-refractivity contribution >= 4 is 23.4 Å². The van der Waals surface area contributed by atoms with Crippen molar-refractivity contribution in [3.63, 3.8) is 0 Å². The largest absolute Gasteiger partial charge is 0.465 e. The molecule has 1 aromatic carbocycles. The minimum atomic E-state index is -1.09. The fourth-order valence-electron chi connectivity index (χ4n) is 5.69. The van der Waals surface area contributed by atoms with Crippen LogP contribution >= 0.6 is 0 Å². The molecule has 41 heavy (non-hydrogen) atoms. The van der Waals surface area contributed by atoms with Crippen molar-refractivity contribution in [3.05, 3.63) is 70.4 Å². The number of nitrogens with one attached hydrogen (secondary N) is 2. The van der Waals surface area contributed by atoms with Crippen LogP contribution < -0.4 is 15.5 Å². The molecule has 1 aliphatic carbocycles. The molecule has 8 nitrogen and oxygen atoms in total. The summed E-state index contributed by atoms with van der Waals surface area (Å²) in [6, 6.07) is 4.99. The predicted octanol–water partition coefficient (Wildman–Crippen LogP) is 5.84. The van der Waals surface area contributed by atoms with E-state index >= 15 is 0 Å². The zero-order valence-electron chi connectivity index (χ0n) is 23.2. The second kappa shape index (κ2) is 11.0. The molecule has 1 fully saturated rings. The summed E-state index contributed by atoms with van der Waals surface area (Å²) >= 11 is 0. The number of halogens is 3. The highest BCUT2D eigenvalue weighted by Crippen LogP contribution is 2.43. The number of fused-ring (bicyclic) bond motifs is 1. The molecule has 0 unspecified atom stereocenters. The third-order valence-corrected chi connectivity index (χ3v) is 7.49. The van der Waals surface area contributed by atoms with Gasteiger partial charge in [0.2, 0.25) is 0 Å². The first-order valence-corrected chi connectivity index (χ1v) is 13.7. The molecule has 1 saturated heterocycles. The number of amides is 2. The van der Waals surface area contributed by atoms with Gasteiger partial charge >= 0.3 is 6.09 Å². The van der Waals surface area contributed by atoms with Crippen molar-refractivity contribution in [1.29, 1.82) is 0 Å². The zero-order valence-corrected chi connectivity index (χ0v) is 23.2. The fourth-order valence-corrected chi connectivity index (χ4v) is 5.69. The lowest BCUT2D eigenvalue weighted by molar-refractivity contribution is 0.102. The Morgan fingerprint density at radius 2 is 1.73 bits per heavy atom. The predicted molar refractivity (Wildman–Crippen MR) is 149 cm³/mol. The van der Waals surface area contributed by atoms with Crippen molar-refractivity contribution < 1.29 is 27.9 Å². The standard InChI is InChI=1S/C30H32F3N5O3/c1-30(2,3)27-25(26(17-8-4-11-21(17)36-27)38-14-6-7-16(15-38)34-29(40)41)37-28(39)22-13-12-20(33)24(35-22)23-18(31)9-5-10-19(23)32/h5,9-10,12-13,16,34H,4,6-8,11,14-15H2,1-3H3,(H,37,39)(H,40,41)/t16-/m0/s1. The van der Waals surface area contributed by atoms with Gasteiger partial charge in [-0.3, -0.25) is 9.78 Å². The lowest BCUT2D eigenvalue weighted by atomic mass is 9.88. The Balaban J connectivity index is 1.59. The number of rotatable bonds is 5. The first kappa shape index (κ1) is 28.4. The average molecular weight is 568 g/mol. The number of aromatic nitrogens is 2. The molecule has 5 rings (SSSR count). The summed E-state index contributed by atoms with van der Waals surface area (Å²) in [4.78, 5) is 36.2. The Morgan fingerprint density at radius 1 is 1.00 bits per heavy atom. The molecule has 2 aromatic heterocycles. The van der Waals surface area contributed by atoms with Crippen molar-refractivity contribution in [2.45, 2.75) is 64.3 Å². The van der Waals surface area contributed by atoms with Crippen molar-refractivity contribution in [3.8, 4) is 11.3 Å². The SMILES string of the molecule is CC(C)(C)c1nc2c(c(N3CCC[C@H](NC(=O)O)C3)c1NC(=O)c1ccc(F)c(-c3c(F)cccc3F)n1)CCC2. The smallest absolute Gasteiger partial charge is 0.404 e. The lowest BCUT2D eigenvalue weighted by Crippen LogP contribution is -2.48. The summed E-state index contributed by atoms with van der Waals surface area (Å²) in [6.07, 6.45) is 2.80. The normalized spacial score (nSPS) is 16.8. The molecule has 11 heteroatoms. The Bertz CT molecular complexity index is 1500. The first-order valence-electron chi connectivity index (χ1n) is 13.7. The topological polar surface area (TPSA) is 107 Å². The van der Waals surface area contributed by atoms with Crippen LogP contribution in [0.2, 0.25) is 0 Å². The molecule has 0 bridgehead atoms. The number of carbonyl (C=O) groups is 2. The minimum Gasteiger partial charge on any atom is -0.465 e. The van der Waals surface area contributed by atoms with Crippen LogP contribution in [0, 0.1) is 17.5 Å². The summed E-state index contributed by atoms with van der Waals surface area (Å²) in [5.41, 5.74) is 1.92. The maximum absolute atomic E-state index is 14.7. The molecule has 0 radical (unpaired) electrons.